The first-order valence-corrected chi connectivity index (χ1v) is 6.17. The van der Waals surface area contributed by atoms with Crippen LogP contribution in [0.15, 0.2) is 39.7 Å². The average Bonchev–Trinajstić information content (AvgIpc) is 2.26. The average molecular weight is 351 g/mol. The molecule has 0 unspecified atom stereocenters. The fourth-order valence-electron chi connectivity index (χ4n) is 1.50. The largest absolute Gasteiger partial charge is 0.416 e. The number of halogens is 4. The van der Waals surface area contributed by atoms with Crippen molar-refractivity contribution in [3.05, 3.63) is 55.6 Å². The molecule has 19 heavy (non-hydrogen) atoms. The number of benzene rings is 1. The van der Waals surface area contributed by atoms with E-state index in [0.717, 1.165) is 12.1 Å². The quantitative estimate of drug-likeness (QED) is 0.796. The Hall–Kier alpha value is -1.41. The van der Waals surface area contributed by atoms with Crippen molar-refractivity contribution < 1.29 is 13.2 Å². The van der Waals surface area contributed by atoms with Gasteiger partial charge in [0, 0.05) is 22.4 Å². The molecule has 1 aromatic heterocycles. The SMILES string of the molecule is O=c1ccn(-c2cc(Br)cc(C(F)(F)F)c2)c(=S)[nH]1. The molecule has 2 rings (SSSR count). The van der Waals surface area contributed by atoms with E-state index in [1.54, 1.807) is 0 Å². The van der Waals surface area contributed by atoms with Crippen LogP contribution in [0.1, 0.15) is 5.56 Å². The van der Waals surface area contributed by atoms with Gasteiger partial charge in [0.15, 0.2) is 4.77 Å². The van der Waals surface area contributed by atoms with Crippen molar-refractivity contribution in [3.63, 3.8) is 0 Å². The summed E-state index contributed by atoms with van der Waals surface area (Å²) in [5.41, 5.74) is -1.000. The Balaban J connectivity index is 2.66. The first-order chi connectivity index (χ1) is 8.77. The lowest BCUT2D eigenvalue weighted by Crippen LogP contribution is -2.11. The van der Waals surface area contributed by atoms with E-state index in [1.165, 1.54) is 22.9 Å². The van der Waals surface area contributed by atoms with Crippen LogP contribution in [0.25, 0.3) is 5.69 Å². The van der Waals surface area contributed by atoms with E-state index in [-0.39, 0.29) is 14.9 Å². The van der Waals surface area contributed by atoms with Crippen molar-refractivity contribution in [1.29, 1.82) is 0 Å². The lowest BCUT2D eigenvalue weighted by molar-refractivity contribution is -0.137. The summed E-state index contributed by atoms with van der Waals surface area (Å²) in [6.07, 6.45) is -3.13. The van der Waals surface area contributed by atoms with Gasteiger partial charge in [0.1, 0.15) is 0 Å². The molecule has 2 aromatic rings. The van der Waals surface area contributed by atoms with E-state index in [4.69, 9.17) is 12.2 Å². The molecular formula is C11H6BrF3N2OS. The molecule has 1 N–H and O–H groups in total. The predicted octanol–water partition coefficient (Wildman–Crippen LogP) is 3.68. The van der Waals surface area contributed by atoms with E-state index in [0.29, 0.717) is 0 Å². The third-order valence-corrected chi connectivity index (χ3v) is 3.07. The van der Waals surface area contributed by atoms with Crippen LogP contribution in [0.4, 0.5) is 13.2 Å². The van der Waals surface area contributed by atoms with Gasteiger partial charge in [0.2, 0.25) is 0 Å². The highest BCUT2D eigenvalue weighted by molar-refractivity contribution is 9.10. The zero-order valence-electron chi connectivity index (χ0n) is 9.16. The molecule has 1 heterocycles. The van der Waals surface area contributed by atoms with Crippen LogP contribution in [0, 0.1) is 4.77 Å². The molecule has 0 bridgehead atoms. The molecular weight excluding hydrogens is 345 g/mol. The van der Waals surface area contributed by atoms with Crippen LogP contribution in [-0.4, -0.2) is 9.55 Å². The molecule has 0 aliphatic carbocycles. The van der Waals surface area contributed by atoms with Crippen LogP contribution in [0.2, 0.25) is 0 Å². The number of aromatic nitrogens is 2. The molecule has 0 aliphatic heterocycles. The van der Waals surface area contributed by atoms with E-state index < -0.39 is 17.3 Å². The second kappa shape index (κ2) is 4.93. The van der Waals surface area contributed by atoms with E-state index in [9.17, 15) is 18.0 Å². The van der Waals surface area contributed by atoms with Gasteiger partial charge in [-0.2, -0.15) is 13.2 Å². The van der Waals surface area contributed by atoms with Gasteiger partial charge in [0.25, 0.3) is 5.56 Å². The second-order valence-electron chi connectivity index (χ2n) is 3.68. The van der Waals surface area contributed by atoms with Crippen molar-refractivity contribution in [2.75, 3.05) is 0 Å². The minimum Gasteiger partial charge on any atom is -0.299 e. The van der Waals surface area contributed by atoms with Crippen LogP contribution >= 0.6 is 28.1 Å². The van der Waals surface area contributed by atoms with Crippen LogP contribution in [0.5, 0.6) is 0 Å². The fraction of sp³-hybridized carbons (Fsp3) is 0.0909. The summed E-state index contributed by atoms with van der Waals surface area (Å²) in [4.78, 5) is 13.4. The molecule has 8 heteroatoms. The zero-order chi connectivity index (χ0) is 14.2. The van der Waals surface area contributed by atoms with Crippen molar-refractivity contribution in [2.45, 2.75) is 6.18 Å². The minimum atomic E-state index is -4.46. The maximum Gasteiger partial charge on any atom is 0.416 e. The first kappa shape index (κ1) is 14.0. The maximum absolute atomic E-state index is 12.7. The van der Waals surface area contributed by atoms with Gasteiger partial charge in [-0.3, -0.25) is 14.3 Å². The van der Waals surface area contributed by atoms with Crippen LogP contribution in [-0.2, 0) is 6.18 Å². The molecule has 0 saturated carbocycles. The molecule has 0 aliphatic rings. The van der Waals surface area contributed by atoms with E-state index >= 15 is 0 Å². The molecule has 0 fully saturated rings. The lowest BCUT2D eigenvalue weighted by atomic mass is 10.2. The normalized spacial score (nSPS) is 11.6. The summed E-state index contributed by atoms with van der Waals surface area (Å²) in [5, 5.41) is 0. The Morgan fingerprint density at radius 2 is 1.95 bits per heavy atom. The first-order valence-electron chi connectivity index (χ1n) is 4.97. The van der Waals surface area contributed by atoms with Gasteiger partial charge in [-0.1, -0.05) is 15.9 Å². The Morgan fingerprint density at radius 3 is 2.53 bits per heavy atom. The summed E-state index contributed by atoms with van der Waals surface area (Å²) in [5.74, 6) is 0. The number of alkyl halides is 3. The monoisotopic (exact) mass is 350 g/mol. The van der Waals surface area contributed by atoms with Gasteiger partial charge in [0.05, 0.1) is 5.56 Å². The van der Waals surface area contributed by atoms with Gasteiger partial charge in [-0.05, 0) is 30.4 Å². The topological polar surface area (TPSA) is 37.8 Å². The molecule has 0 atom stereocenters. The summed E-state index contributed by atoms with van der Waals surface area (Å²) in [6.45, 7) is 0. The second-order valence-corrected chi connectivity index (χ2v) is 4.98. The Bertz CT molecular complexity index is 736. The van der Waals surface area contributed by atoms with E-state index in [2.05, 4.69) is 20.9 Å². The summed E-state index contributed by atoms with van der Waals surface area (Å²) < 4.78 is 39.7. The number of nitrogens with zero attached hydrogens (tertiary/aromatic N) is 1. The van der Waals surface area contributed by atoms with Crippen molar-refractivity contribution in [2.24, 2.45) is 0 Å². The summed E-state index contributed by atoms with van der Waals surface area (Å²) in [6, 6.07) is 4.59. The lowest BCUT2D eigenvalue weighted by Gasteiger charge is -2.11. The maximum atomic E-state index is 12.7. The fourth-order valence-corrected chi connectivity index (χ4v) is 2.25. The molecule has 0 saturated heterocycles. The van der Waals surface area contributed by atoms with Crippen molar-refractivity contribution >= 4 is 28.1 Å². The molecule has 100 valence electrons. The minimum absolute atomic E-state index is 0.0266. The highest BCUT2D eigenvalue weighted by Crippen LogP contribution is 2.32. The number of aromatic amines is 1. The molecule has 0 radical (unpaired) electrons. The highest BCUT2D eigenvalue weighted by atomic mass is 79.9. The Morgan fingerprint density at radius 1 is 1.26 bits per heavy atom. The molecule has 3 nitrogen and oxygen atoms in total. The number of hydrogen-bond acceptors (Lipinski definition) is 2. The predicted molar refractivity (Wildman–Crippen MR) is 69.9 cm³/mol. The number of H-pyrrole nitrogens is 1. The molecule has 1 aromatic carbocycles. The van der Waals surface area contributed by atoms with Gasteiger partial charge >= 0.3 is 6.18 Å². The number of rotatable bonds is 1. The zero-order valence-corrected chi connectivity index (χ0v) is 11.6. The smallest absolute Gasteiger partial charge is 0.299 e. The highest BCUT2D eigenvalue weighted by Gasteiger charge is 2.31. The van der Waals surface area contributed by atoms with Crippen LogP contribution < -0.4 is 5.56 Å². The van der Waals surface area contributed by atoms with Gasteiger partial charge < -0.3 is 0 Å². The van der Waals surface area contributed by atoms with Gasteiger partial charge in [-0.15, -0.1) is 0 Å². The summed E-state index contributed by atoms with van der Waals surface area (Å²) in [7, 11) is 0. The third kappa shape index (κ3) is 3.13. The van der Waals surface area contributed by atoms with Crippen LogP contribution in [0.3, 0.4) is 0 Å². The number of hydrogen-bond donors (Lipinski definition) is 1. The van der Waals surface area contributed by atoms with Crippen molar-refractivity contribution in [1.82, 2.24) is 9.55 Å². The molecule has 0 spiro atoms. The molecule has 0 amide bonds. The number of nitrogens with one attached hydrogen (secondary N) is 1. The van der Waals surface area contributed by atoms with E-state index in [1.807, 2.05) is 0 Å². The third-order valence-electron chi connectivity index (χ3n) is 2.31. The Labute approximate surface area is 118 Å². The van der Waals surface area contributed by atoms with Gasteiger partial charge in [-0.25, -0.2) is 0 Å². The summed E-state index contributed by atoms with van der Waals surface area (Å²) >= 11 is 7.93. The van der Waals surface area contributed by atoms with Crippen molar-refractivity contribution in [3.8, 4) is 5.69 Å². The standard InChI is InChI=1S/C11H6BrF3N2OS/c12-7-3-6(11(13,14)15)4-8(5-7)17-2-1-9(18)16-10(17)19/h1-5H,(H,16,18,19). The Kier molecular flexibility index (Phi) is 3.64.